The van der Waals surface area contributed by atoms with Gasteiger partial charge in [-0.3, -0.25) is 0 Å². The van der Waals surface area contributed by atoms with Gasteiger partial charge in [-0.15, -0.1) is 0 Å². The van der Waals surface area contributed by atoms with Gasteiger partial charge >= 0.3 is 0 Å². The van der Waals surface area contributed by atoms with Crippen LogP contribution < -0.4 is 4.74 Å². The molecule has 0 amide bonds. The number of benzene rings is 2. The molecule has 0 N–H and O–H groups in total. The SMILES string of the molecule is CCCCCCCCOc1ccc(C2OCC(c3ccc(CCCCC)cc3)CO2)c(F)c1F. The standard InChI is InChI=1S/C29H40F2O3/c1-3-5-7-8-9-11-19-32-26-18-17-25(27(30)28(26)31)29-33-20-24(21-34-29)23-15-13-22(14-16-23)12-10-6-4-2/h13-18,24,29H,3-12,19-21H2,1-2H3. The van der Waals surface area contributed by atoms with E-state index < -0.39 is 17.9 Å². The predicted octanol–water partition coefficient (Wildman–Crippen LogP) is 8.27. The smallest absolute Gasteiger partial charge is 0.201 e. The van der Waals surface area contributed by atoms with Gasteiger partial charge in [-0.2, -0.15) is 4.39 Å². The highest BCUT2D eigenvalue weighted by Crippen LogP contribution is 2.34. The summed E-state index contributed by atoms with van der Waals surface area (Å²) < 4.78 is 46.4. The molecule has 0 spiro atoms. The maximum Gasteiger partial charge on any atom is 0.201 e. The van der Waals surface area contributed by atoms with Gasteiger partial charge in [0.15, 0.2) is 17.9 Å². The Morgan fingerprint density at radius 1 is 0.765 bits per heavy atom. The predicted molar refractivity (Wildman–Crippen MR) is 132 cm³/mol. The molecule has 5 heteroatoms. The molecule has 1 aliphatic heterocycles. The maximum absolute atomic E-state index is 14.7. The number of aryl methyl sites for hydroxylation is 1. The molecule has 0 radical (unpaired) electrons. The summed E-state index contributed by atoms with van der Waals surface area (Å²) >= 11 is 0. The van der Waals surface area contributed by atoms with Gasteiger partial charge < -0.3 is 14.2 Å². The zero-order chi connectivity index (χ0) is 24.2. The van der Waals surface area contributed by atoms with Crippen LogP contribution in [-0.4, -0.2) is 19.8 Å². The van der Waals surface area contributed by atoms with Crippen molar-refractivity contribution in [1.82, 2.24) is 0 Å². The van der Waals surface area contributed by atoms with Crippen LogP contribution >= 0.6 is 0 Å². The molecule has 0 aliphatic carbocycles. The van der Waals surface area contributed by atoms with Crippen LogP contribution in [0.1, 0.15) is 101 Å². The summed E-state index contributed by atoms with van der Waals surface area (Å²) in [7, 11) is 0. The van der Waals surface area contributed by atoms with Gasteiger partial charge in [-0.05, 0) is 42.5 Å². The highest BCUT2D eigenvalue weighted by atomic mass is 19.2. The first-order chi connectivity index (χ1) is 16.6. The monoisotopic (exact) mass is 474 g/mol. The van der Waals surface area contributed by atoms with E-state index in [-0.39, 0.29) is 17.2 Å². The van der Waals surface area contributed by atoms with E-state index in [4.69, 9.17) is 14.2 Å². The van der Waals surface area contributed by atoms with Crippen molar-refractivity contribution in [1.29, 1.82) is 0 Å². The van der Waals surface area contributed by atoms with Gasteiger partial charge in [0.25, 0.3) is 0 Å². The van der Waals surface area contributed by atoms with Gasteiger partial charge in [0.1, 0.15) is 0 Å². The molecule has 1 saturated heterocycles. The molecule has 0 aromatic heterocycles. The molecule has 3 rings (SSSR count). The topological polar surface area (TPSA) is 27.7 Å². The highest BCUT2D eigenvalue weighted by Gasteiger charge is 2.28. The fraction of sp³-hybridized carbons (Fsp3) is 0.586. The van der Waals surface area contributed by atoms with Crippen molar-refractivity contribution >= 4 is 0 Å². The zero-order valence-corrected chi connectivity index (χ0v) is 20.8. The molecule has 1 heterocycles. The lowest BCUT2D eigenvalue weighted by Crippen LogP contribution is -2.26. The Morgan fingerprint density at radius 2 is 1.41 bits per heavy atom. The van der Waals surface area contributed by atoms with E-state index in [1.54, 1.807) is 0 Å². The van der Waals surface area contributed by atoms with Crippen molar-refractivity contribution in [2.24, 2.45) is 0 Å². The Labute approximate surface area is 203 Å². The first kappa shape index (κ1) is 26.6. The molecule has 0 bridgehead atoms. The number of ether oxygens (including phenoxy) is 3. The summed E-state index contributed by atoms with van der Waals surface area (Å²) in [5.74, 6) is -1.91. The second-order valence-electron chi connectivity index (χ2n) is 9.29. The highest BCUT2D eigenvalue weighted by molar-refractivity contribution is 5.32. The minimum atomic E-state index is -0.975. The van der Waals surface area contributed by atoms with Gasteiger partial charge in [0.05, 0.1) is 19.8 Å². The van der Waals surface area contributed by atoms with Crippen LogP contribution in [0.2, 0.25) is 0 Å². The van der Waals surface area contributed by atoms with Gasteiger partial charge in [-0.25, -0.2) is 4.39 Å². The normalized spacial score (nSPS) is 18.2. The molecule has 0 atom stereocenters. The van der Waals surface area contributed by atoms with E-state index in [2.05, 4.69) is 38.1 Å². The van der Waals surface area contributed by atoms with Crippen molar-refractivity contribution in [3.05, 3.63) is 64.7 Å². The summed E-state index contributed by atoms with van der Waals surface area (Å²) in [4.78, 5) is 0. The molecule has 1 fully saturated rings. The van der Waals surface area contributed by atoms with E-state index in [9.17, 15) is 8.78 Å². The van der Waals surface area contributed by atoms with E-state index in [1.165, 1.54) is 56.2 Å². The van der Waals surface area contributed by atoms with Gasteiger partial charge in [0.2, 0.25) is 5.82 Å². The largest absolute Gasteiger partial charge is 0.490 e. The molecular weight excluding hydrogens is 434 g/mol. The number of unbranched alkanes of at least 4 members (excludes halogenated alkanes) is 7. The summed E-state index contributed by atoms with van der Waals surface area (Å²) in [6.45, 7) is 5.57. The average Bonchev–Trinajstić information content (AvgIpc) is 2.87. The minimum Gasteiger partial charge on any atom is -0.490 e. The molecule has 2 aromatic rings. The average molecular weight is 475 g/mol. The van der Waals surface area contributed by atoms with Crippen molar-refractivity contribution in [3.8, 4) is 5.75 Å². The second kappa shape index (κ2) is 14.4. The van der Waals surface area contributed by atoms with Crippen LogP contribution in [0.3, 0.4) is 0 Å². The van der Waals surface area contributed by atoms with E-state index in [0.717, 1.165) is 31.2 Å². The summed E-state index contributed by atoms with van der Waals surface area (Å²) in [6, 6.07) is 11.5. The fourth-order valence-electron chi connectivity index (χ4n) is 4.32. The van der Waals surface area contributed by atoms with E-state index >= 15 is 0 Å². The third kappa shape index (κ3) is 7.78. The lowest BCUT2D eigenvalue weighted by Gasteiger charge is -2.30. The van der Waals surface area contributed by atoms with Gasteiger partial charge in [-0.1, -0.05) is 83.1 Å². The van der Waals surface area contributed by atoms with Crippen LogP contribution in [0.25, 0.3) is 0 Å². The second-order valence-corrected chi connectivity index (χ2v) is 9.29. The van der Waals surface area contributed by atoms with Crippen molar-refractivity contribution < 1.29 is 23.0 Å². The number of hydrogen-bond donors (Lipinski definition) is 0. The van der Waals surface area contributed by atoms with Crippen LogP contribution in [0, 0.1) is 11.6 Å². The number of halogens is 2. The molecule has 1 aliphatic rings. The molecular formula is C29H40F2O3. The summed E-state index contributed by atoms with van der Waals surface area (Å²) in [5, 5.41) is 0. The Kier molecular flexibility index (Phi) is 11.3. The third-order valence-electron chi connectivity index (χ3n) is 6.50. The van der Waals surface area contributed by atoms with E-state index in [0.29, 0.717) is 19.8 Å². The third-order valence-corrected chi connectivity index (χ3v) is 6.50. The Hall–Kier alpha value is -1.98. The maximum atomic E-state index is 14.7. The molecule has 0 unspecified atom stereocenters. The Morgan fingerprint density at radius 3 is 2.12 bits per heavy atom. The van der Waals surface area contributed by atoms with Crippen molar-refractivity contribution in [2.45, 2.75) is 90.3 Å². The van der Waals surface area contributed by atoms with Crippen LogP contribution in [0.5, 0.6) is 5.75 Å². The van der Waals surface area contributed by atoms with E-state index in [1.807, 2.05) is 0 Å². The van der Waals surface area contributed by atoms with Crippen LogP contribution in [0.15, 0.2) is 36.4 Å². The van der Waals surface area contributed by atoms with Crippen LogP contribution in [-0.2, 0) is 15.9 Å². The Bertz CT molecular complexity index is 845. The summed E-state index contributed by atoms with van der Waals surface area (Å²) in [6.07, 6.45) is 10.5. The summed E-state index contributed by atoms with van der Waals surface area (Å²) in [5.41, 5.74) is 2.56. The lowest BCUT2D eigenvalue weighted by atomic mass is 9.97. The van der Waals surface area contributed by atoms with Crippen molar-refractivity contribution in [3.63, 3.8) is 0 Å². The number of hydrogen-bond acceptors (Lipinski definition) is 3. The van der Waals surface area contributed by atoms with Crippen LogP contribution in [0.4, 0.5) is 8.78 Å². The van der Waals surface area contributed by atoms with Gasteiger partial charge in [0, 0.05) is 11.5 Å². The first-order valence-corrected chi connectivity index (χ1v) is 13.1. The molecule has 188 valence electrons. The molecule has 0 saturated carbocycles. The first-order valence-electron chi connectivity index (χ1n) is 13.1. The molecule has 2 aromatic carbocycles. The fourth-order valence-corrected chi connectivity index (χ4v) is 4.32. The number of rotatable bonds is 14. The zero-order valence-electron chi connectivity index (χ0n) is 20.8. The Balaban J connectivity index is 1.47. The molecule has 3 nitrogen and oxygen atoms in total. The lowest BCUT2D eigenvalue weighted by molar-refractivity contribution is -0.193. The molecule has 34 heavy (non-hydrogen) atoms. The minimum absolute atomic E-state index is 0.0532. The quantitative estimate of drug-likeness (QED) is 0.258. The van der Waals surface area contributed by atoms with Crippen molar-refractivity contribution in [2.75, 3.05) is 19.8 Å².